The van der Waals surface area contributed by atoms with E-state index in [0.717, 1.165) is 12.1 Å². The van der Waals surface area contributed by atoms with Gasteiger partial charge in [-0.1, -0.05) is 12.1 Å². The first-order valence-electron chi connectivity index (χ1n) is 6.34. The van der Waals surface area contributed by atoms with Gasteiger partial charge in [-0.15, -0.1) is 0 Å². The Morgan fingerprint density at radius 2 is 1.57 bits per heavy atom. The maximum absolute atomic E-state index is 13.0. The molecule has 1 N–H and O–H groups in total. The van der Waals surface area contributed by atoms with Gasteiger partial charge >= 0.3 is 24.0 Å². The average Bonchev–Trinajstić information content (AvgIpc) is 2.35. The van der Waals surface area contributed by atoms with Crippen LogP contribution in [0.5, 0.6) is 0 Å². The van der Waals surface area contributed by atoms with E-state index in [1.807, 2.05) is 0 Å². The second kappa shape index (κ2) is 6.26. The summed E-state index contributed by atoms with van der Waals surface area (Å²) in [6.45, 7) is 5.05. The van der Waals surface area contributed by atoms with E-state index in [-0.39, 0.29) is 5.56 Å². The maximum atomic E-state index is 13.0. The zero-order valence-corrected chi connectivity index (χ0v) is 13.4. The maximum Gasteiger partial charge on any atom is 0.463 e. The quantitative estimate of drug-likeness (QED) is 0.660. The van der Waals surface area contributed by atoms with Gasteiger partial charge in [-0.2, -0.15) is 22.0 Å². The van der Waals surface area contributed by atoms with Gasteiger partial charge < -0.3 is 9.74 Å². The van der Waals surface area contributed by atoms with Gasteiger partial charge in [-0.25, -0.2) is 4.79 Å². The monoisotopic (exact) mass is 355 g/mol. The van der Waals surface area contributed by atoms with Crippen LogP contribution in [0.3, 0.4) is 0 Å². The smallest absolute Gasteiger partial charge is 0.463 e. The molecule has 0 spiro atoms. The SMILES string of the molecule is C[Si](C)(C)OC(=O)c1ccccc1NC(=O)C(F)(F)C(F)(F)F. The molecule has 4 nitrogen and oxygen atoms in total. The number of para-hydroxylation sites is 1. The molecule has 1 aromatic carbocycles. The van der Waals surface area contributed by atoms with Crippen LogP contribution in [0, 0.1) is 0 Å². The van der Waals surface area contributed by atoms with Gasteiger partial charge in [-0.05, 0) is 31.8 Å². The summed E-state index contributed by atoms with van der Waals surface area (Å²) in [6.07, 6.45) is -6.04. The number of nitrogens with one attached hydrogen (secondary N) is 1. The highest BCUT2D eigenvalue weighted by molar-refractivity contribution is 6.71. The van der Waals surface area contributed by atoms with Crippen molar-refractivity contribution in [3.8, 4) is 0 Å². The third kappa shape index (κ3) is 4.75. The van der Waals surface area contributed by atoms with Gasteiger partial charge in [0.25, 0.3) is 0 Å². The number of anilines is 1. The number of carbonyl (C=O) groups excluding carboxylic acids is 2. The van der Waals surface area contributed by atoms with Crippen LogP contribution in [-0.4, -0.2) is 32.3 Å². The molecular weight excluding hydrogens is 341 g/mol. The third-order valence-corrected chi connectivity index (χ3v) is 3.23. The summed E-state index contributed by atoms with van der Waals surface area (Å²) in [6, 6.07) is 4.82. The summed E-state index contributed by atoms with van der Waals surface area (Å²) in [5.74, 6) is -9.06. The lowest BCUT2D eigenvalue weighted by Gasteiger charge is -2.21. The zero-order valence-electron chi connectivity index (χ0n) is 12.4. The number of carbonyl (C=O) groups is 2. The molecule has 1 rings (SSSR count). The van der Waals surface area contributed by atoms with Crippen molar-refractivity contribution in [3.63, 3.8) is 0 Å². The minimum atomic E-state index is -6.04. The standard InChI is InChI=1S/C13H14F5NO3Si/c1-23(2,3)22-10(20)8-6-4-5-7-9(8)19-11(21)12(14,15)13(16,17)18/h4-7H,1-3H3,(H,19,21). The van der Waals surface area contributed by atoms with E-state index in [1.165, 1.54) is 17.4 Å². The Bertz CT molecular complexity index is 610. The molecule has 0 aliphatic heterocycles. The third-order valence-electron chi connectivity index (χ3n) is 2.44. The fraction of sp³-hybridized carbons (Fsp3) is 0.385. The van der Waals surface area contributed by atoms with Crippen molar-refractivity contribution in [1.29, 1.82) is 0 Å². The predicted octanol–water partition coefficient (Wildman–Crippen LogP) is 3.81. The Kier molecular flexibility index (Phi) is 5.19. The molecule has 1 aromatic rings. The molecule has 0 saturated heterocycles. The van der Waals surface area contributed by atoms with Crippen molar-refractivity contribution in [1.82, 2.24) is 0 Å². The molecular formula is C13H14F5NO3Si. The molecule has 128 valence electrons. The summed E-state index contributed by atoms with van der Waals surface area (Å²) >= 11 is 0. The Morgan fingerprint density at radius 3 is 2.04 bits per heavy atom. The predicted molar refractivity (Wildman–Crippen MR) is 74.8 cm³/mol. The first-order valence-corrected chi connectivity index (χ1v) is 9.75. The van der Waals surface area contributed by atoms with Crippen LogP contribution < -0.4 is 5.32 Å². The van der Waals surface area contributed by atoms with Gasteiger partial charge in [0.2, 0.25) is 8.32 Å². The van der Waals surface area contributed by atoms with Crippen molar-refractivity contribution < 1.29 is 36.0 Å². The molecule has 0 saturated carbocycles. The van der Waals surface area contributed by atoms with Crippen molar-refractivity contribution >= 4 is 25.9 Å². The number of benzene rings is 1. The molecule has 0 unspecified atom stereocenters. The lowest BCUT2D eigenvalue weighted by molar-refractivity contribution is -0.267. The summed E-state index contributed by atoms with van der Waals surface area (Å²) in [5.41, 5.74) is -0.786. The highest BCUT2D eigenvalue weighted by Crippen LogP contribution is 2.36. The molecule has 0 aromatic heterocycles. The Morgan fingerprint density at radius 1 is 1.04 bits per heavy atom. The lowest BCUT2D eigenvalue weighted by Crippen LogP contribution is -2.47. The number of alkyl halides is 5. The van der Waals surface area contributed by atoms with Crippen LogP contribution in [0.1, 0.15) is 10.4 Å². The second-order valence-corrected chi connectivity index (χ2v) is 10.0. The van der Waals surface area contributed by atoms with E-state index < -0.39 is 38.0 Å². The van der Waals surface area contributed by atoms with Crippen LogP contribution in [0.25, 0.3) is 0 Å². The summed E-state index contributed by atoms with van der Waals surface area (Å²) < 4.78 is 67.6. The lowest BCUT2D eigenvalue weighted by atomic mass is 10.1. The molecule has 10 heteroatoms. The van der Waals surface area contributed by atoms with Crippen LogP contribution >= 0.6 is 0 Å². The van der Waals surface area contributed by atoms with Crippen LogP contribution in [0.15, 0.2) is 24.3 Å². The number of halogens is 5. The molecule has 0 aliphatic rings. The highest BCUT2D eigenvalue weighted by Gasteiger charge is 2.63. The molecule has 0 fully saturated rings. The van der Waals surface area contributed by atoms with Gasteiger partial charge in [0.1, 0.15) is 0 Å². The van der Waals surface area contributed by atoms with E-state index in [0.29, 0.717) is 0 Å². The van der Waals surface area contributed by atoms with E-state index in [1.54, 1.807) is 19.6 Å². The minimum absolute atomic E-state index is 0.304. The zero-order chi connectivity index (χ0) is 18.1. The number of hydrogen-bond donors (Lipinski definition) is 1. The van der Waals surface area contributed by atoms with Gasteiger partial charge in [0.05, 0.1) is 11.3 Å². The second-order valence-electron chi connectivity index (χ2n) is 5.57. The van der Waals surface area contributed by atoms with E-state index >= 15 is 0 Å². The van der Waals surface area contributed by atoms with Crippen molar-refractivity contribution in [3.05, 3.63) is 29.8 Å². The normalized spacial score (nSPS) is 12.7. The Hall–Kier alpha value is -1.97. The van der Waals surface area contributed by atoms with Crippen molar-refractivity contribution in [2.75, 3.05) is 5.32 Å². The van der Waals surface area contributed by atoms with Crippen LogP contribution in [0.4, 0.5) is 27.6 Å². The Labute approximate surface area is 129 Å². The fourth-order valence-electron chi connectivity index (χ4n) is 1.43. The van der Waals surface area contributed by atoms with Crippen LogP contribution in [-0.2, 0) is 9.22 Å². The number of hydrogen-bond acceptors (Lipinski definition) is 3. The summed E-state index contributed by atoms with van der Waals surface area (Å²) in [5, 5.41) is 1.43. The first kappa shape index (κ1) is 19.1. The van der Waals surface area contributed by atoms with E-state index in [4.69, 9.17) is 4.43 Å². The number of amides is 1. The Balaban J connectivity index is 3.08. The van der Waals surface area contributed by atoms with Crippen LogP contribution in [0.2, 0.25) is 19.6 Å². The van der Waals surface area contributed by atoms with Gasteiger partial charge in [0, 0.05) is 0 Å². The topological polar surface area (TPSA) is 55.4 Å². The summed E-state index contributed by atoms with van der Waals surface area (Å²) in [7, 11) is -2.32. The molecule has 0 radical (unpaired) electrons. The summed E-state index contributed by atoms with van der Waals surface area (Å²) in [4.78, 5) is 23.2. The molecule has 0 heterocycles. The van der Waals surface area contributed by atoms with Gasteiger partial charge in [0.15, 0.2) is 0 Å². The van der Waals surface area contributed by atoms with E-state index in [2.05, 4.69) is 0 Å². The average molecular weight is 355 g/mol. The van der Waals surface area contributed by atoms with Gasteiger partial charge in [-0.3, -0.25) is 4.79 Å². The van der Waals surface area contributed by atoms with Crippen molar-refractivity contribution in [2.24, 2.45) is 0 Å². The molecule has 0 atom stereocenters. The van der Waals surface area contributed by atoms with Crippen molar-refractivity contribution in [2.45, 2.75) is 31.7 Å². The highest BCUT2D eigenvalue weighted by atomic mass is 28.4. The van der Waals surface area contributed by atoms with E-state index in [9.17, 15) is 31.5 Å². The fourth-order valence-corrected chi connectivity index (χ4v) is 2.10. The first-order chi connectivity index (χ1) is 10.3. The largest absolute Gasteiger partial charge is 0.516 e. The minimum Gasteiger partial charge on any atom is -0.516 e. The number of rotatable bonds is 4. The molecule has 23 heavy (non-hydrogen) atoms. The molecule has 0 bridgehead atoms. The molecule has 1 amide bonds. The molecule has 0 aliphatic carbocycles.